The van der Waals surface area contributed by atoms with Crippen LogP contribution in [0.2, 0.25) is 0 Å². The number of nitrogens with zero attached hydrogens (tertiary/aromatic N) is 5. The van der Waals surface area contributed by atoms with Crippen molar-refractivity contribution >= 4 is 131 Å². The molecule has 0 unspecified atom stereocenters. The summed E-state index contributed by atoms with van der Waals surface area (Å²) in [7, 11) is 0. The van der Waals surface area contributed by atoms with Gasteiger partial charge in [0.2, 0.25) is 0 Å². The van der Waals surface area contributed by atoms with Crippen LogP contribution in [0.1, 0.15) is 49.9 Å². The summed E-state index contributed by atoms with van der Waals surface area (Å²) in [6, 6.07) is 118. The molecule has 0 N–H and O–H groups in total. The Morgan fingerprint density at radius 2 is 0.549 bits per heavy atom. The lowest BCUT2D eigenvalue weighted by Crippen LogP contribution is -2.15. The second-order valence-corrected chi connectivity index (χ2v) is 29.0. The first-order valence-electron chi connectivity index (χ1n) is 35.6. The zero-order valence-corrected chi connectivity index (χ0v) is 56.7. The fraction of sp³-hybridized carbons (Fsp3) is 0.0625. The van der Waals surface area contributed by atoms with Crippen LogP contribution in [0.25, 0.3) is 182 Å². The van der Waals surface area contributed by atoms with E-state index < -0.39 is 0 Å². The zero-order chi connectivity index (χ0) is 67.4. The molecule has 0 saturated carbocycles. The largest absolute Gasteiger partial charge is 0.456 e. The van der Waals surface area contributed by atoms with E-state index in [2.05, 4.69) is 366 Å². The molecule has 2 aliphatic rings. The number of benzene rings is 15. The summed E-state index contributed by atoms with van der Waals surface area (Å²) >= 11 is 0. The Labute approximate surface area is 587 Å². The van der Waals surface area contributed by atoms with Crippen molar-refractivity contribution in [3.8, 4) is 50.7 Å². The van der Waals surface area contributed by atoms with E-state index in [9.17, 15) is 0 Å². The van der Waals surface area contributed by atoms with Gasteiger partial charge in [-0.2, -0.15) is 0 Å². The quantitative estimate of drug-likeness (QED) is 0.169. The van der Waals surface area contributed by atoms with Crippen molar-refractivity contribution in [3.63, 3.8) is 0 Å². The van der Waals surface area contributed by atoms with Gasteiger partial charge in [-0.3, -0.25) is 0 Å². The van der Waals surface area contributed by atoms with Crippen LogP contribution in [-0.4, -0.2) is 22.8 Å². The SMILES string of the molecule is CC1(C)c2ccccc2-c2c1c1c3ccccc3n(-c3ccccc3)c1c1c3ccccc3n(-c3ccc4c(c3)c3ccccc3n4-c3ccccc3)c21.CC1(C)c2ccccc2-c2c1c1c3ccccc3n(-c3ccccc3)c1c1c3ccccc3n(-c3ccc4oc5ccccc5c4c3)c21. The average Bonchev–Trinajstić information content (AvgIpc) is 1.51. The van der Waals surface area contributed by atoms with Gasteiger partial charge in [0, 0.05) is 115 Å². The van der Waals surface area contributed by atoms with Crippen LogP contribution in [-0.2, 0) is 10.8 Å². The number of furan rings is 1. The van der Waals surface area contributed by atoms with Gasteiger partial charge in [-0.25, -0.2) is 0 Å². The monoisotopic (exact) mass is 1300 g/mol. The molecule has 6 heteroatoms. The molecule has 6 heterocycles. The van der Waals surface area contributed by atoms with Crippen LogP contribution < -0.4 is 0 Å². The first kappa shape index (κ1) is 57.0. The lowest BCUT2D eigenvalue weighted by Gasteiger charge is -2.23. The predicted molar refractivity (Wildman–Crippen MR) is 427 cm³/mol. The average molecular weight is 1300 g/mol. The molecule has 0 spiro atoms. The summed E-state index contributed by atoms with van der Waals surface area (Å²) in [5.41, 5.74) is 30.4. The van der Waals surface area contributed by atoms with Crippen LogP contribution in [0.3, 0.4) is 0 Å². The number of para-hydroxylation sites is 9. The molecule has 6 aromatic heterocycles. The molecule has 0 saturated heterocycles. The van der Waals surface area contributed by atoms with E-state index in [0.29, 0.717) is 0 Å². The van der Waals surface area contributed by atoms with Crippen molar-refractivity contribution in [2.45, 2.75) is 38.5 Å². The minimum absolute atomic E-state index is 0.212. The Morgan fingerprint density at radius 3 is 1.02 bits per heavy atom. The summed E-state index contributed by atoms with van der Waals surface area (Å²) in [6.07, 6.45) is 0. The van der Waals surface area contributed by atoms with Crippen LogP contribution >= 0.6 is 0 Å². The Morgan fingerprint density at radius 1 is 0.225 bits per heavy atom. The molecular weight excluding hydrogens is 1240 g/mol. The smallest absolute Gasteiger partial charge is 0.135 e. The third-order valence-corrected chi connectivity index (χ3v) is 23.0. The lowest BCUT2D eigenvalue weighted by molar-refractivity contribution is 0.666. The molecule has 6 nitrogen and oxygen atoms in total. The van der Waals surface area contributed by atoms with Gasteiger partial charge in [0.25, 0.3) is 0 Å². The van der Waals surface area contributed by atoms with Gasteiger partial charge in [0.05, 0.1) is 55.2 Å². The summed E-state index contributed by atoms with van der Waals surface area (Å²) < 4.78 is 18.8. The highest BCUT2D eigenvalue weighted by atomic mass is 16.3. The molecule has 0 fully saturated rings. The minimum Gasteiger partial charge on any atom is -0.456 e. The Bertz CT molecular complexity index is 7170. The van der Waals surface area contributed by atoms with Crippen molar-refractivity contribution in [3.05, 3.63) is 344 Å². The van der Waals surface area contributed by atoms with E-state index in [4.69, 9.17) is 4.42 Å². The van der Waals surface area contributed by atoms with Gasteiger partial charge >= 0.3 is 0 Å². The van der Waals surface area contributed by atoms with Gasteiger partial charge in [-0.15, -0.1) is 0 Å². The minimum atomic E-state index is -0.224. The van der Waals surface area contributed by atoms with E-state index >= 15 is 0 Å². The Balaban J connectivity index is 0.000000130. The molecule has 0 atom stereocenters. The Kier molecular flexibility index (Phi) is 11.7. The molecule has 15 aromatic carbocycles. The molecule has 0 amide bonds. The maximum Gasteiger partial charge on any atom is 0.135 e. The van der Waals surface area contributed by atoms with E-state index in [1.807, 2.05) is 6.07 Å². The number of fused-ring (bicyclic) bond motifs is 30. The summed E-state index contributed by atoms with van der Waals surface area (Å²) in [5.74, 6) is 0. The fourth-order valence-corrected chi connectivity index (χ4v) is 19.0. The van der Waals surface area contributed by atoms with E-state index in [0.717, 1.165) is 33.3 Å². The maximum absolute atomic E-state index is 6.29. The van der Waals surface area contributed by atoms with E-state index in [-0.39, 0.29) is 10.8 Å². The molecular formula is C96H65N5O. The first-order valence-corrected chi connectivity index (χ1v) is 35.6. The fourth-order valence-electron chi connectivity index (χ4n) is 19.0. The maximum atomic E-state index is 6.29. The van der Waals surface area contributed by atoms with Gasteiger partial charge in [-0.05, 0) is 143 Å². The molecule has 21 aromatic rings. The summed E-state index contributed by atoms with van der Waals surface area (Å²) in [4.78, 5) is 0. The highest BCUT2D eigenvalue weighted by Gasteiger charge is 2.44. The standard InChI is InChI=1S/C51H35N3.C45H30N2O/c1-51(2)40-25-13-9-22-36(40)45-48(51)46-37-23-11-15-27-42(37)53(33-19-7-4-8-20-33)50(46)47-38-24-12-16-28-43(38)54(49(45)47)34-29-30-44-39(31-34)35-21-10-14-26-41(35)52(44)32-17-5-3-6-18-32;1-45(2)34-20-10-6-17-30(34)39-42(45)40-31-18-7-11-21-35(31)46(27-14-4-3-5-15-27)44(40)41-32-19-8-12-22-36(32)47(43(39)41)28-24-25-38-33(26-28)29-16-9-13-23-37(29)48-38/h3-31H,1-2H3;3-26H,1-2H3. The second kappa shape index (κ2) is 20.8. The van der Waals surface area contributed by atoms with E-state index in [1.54, 1.807) is 0 Å². The van der Waals surface area contributed by atoms with Crippen molar-refractivity contribution in [2.24, 2.45) is 0 Å². The molecule has 23 rings (SSSR count). The first-order chi connectivity index (χ1) is 50.2. The van der Waals surface area contributed by atoms with Crippen LogP contribution in [0.5, 0.6) is 0 Å². The third kappa shape index (κ3) is 7.52. The Hall–Kier alpha value is -12.9. The number of hydrogen-bond donors (Lipinski definition) is 0. The van der Waals surface area contributed by atoms with E-state index in [1.165, 1.54) is 171 Å². The summed E-state index contributed by atoms with van der Waals surface area (Å²) in [5, 5.41) is 15.1. The molecule has 480 valence electrons. The zero-order valence-electron chi connectivity index (χ0n) is 56.7. The van der Waals surface area contributed by atoms with Crippen molar-refractivity contribution < 1.29 is 4.42 Å². The normalized spacial score (nSPS) is 13.6. The predicted octanol–water partition coefficient (Wildman–Crippen LogP) is 25.4. The molecule has 0 bridgehead atoms. The van der Waals surface area contributed by atoms with Crippen molar-refractivity contribution in [1.82, 2.24) is 22.8 Å². The van der Waals surface area contributed by atoms with Crippen molar-refractivity contribution in [2.75, 3.05) is 0 Å². The van der Waals surface area contributed by atoms with Gasteiger partial charge < -0.3 is 27.3 Å². The van der Waals surface area contributed by atoms with Crippen LogP contribution in [0.4, 0.5) is 0 Å². The van der Waals surface area contributed by atoms with Gasteiger partial charge in [0.15, 0.2) is 0 Å². The van der Waals surface area contributed by atoms with Crippen LogP contribution in [0.15, 0.2) is 326 Å². The number of rotatable bonds is 5. The number of aromatic nitrogens is 5. The third-order valence-electron chi connectivity index (χ3n) is 23.0. The molecule has 0 radical (unpaired) electrons. The highest BCUT2D eigenvalue weighted by molar-refractivity contribution is 6.34. The van der Waals surface area contributed by atoms with Gasteiger partial charge in [0.1, 0.15) is 11.2 Å². The number of hydrogen-bond acceptors (Lipinski definition) is 1. The second-order valence-electron chi connectivity index (χ2n) is 29.0. The molecule has 0 aliphatic heterocycles. The van der Waals surface area contributed by atoms with Crippen molar-refractivity contribution in [1.29, 1.82) is 0 Å². The summed E-state index contributed by atoms with van der Waals surface area (Å²) in [6.45, 7) is 9.67. The lowest BCUT2D eigenvalue weighted by atomic mass is 9.80. The molecule has 2 aliphatic carbocycles. The van der Waals surface area contributed by atoms with Gasteiger partial charge in [-0.1, -0.05) is 240 Å². The highest BCUT2D eigenvalue weighted by Crippen LogP contribution is 2.61. The molecule has 102 heavy (non-hydrogen) atoms. The topological polar surface area (TPSA) is 37.8 Å². The van der Waals surface area contributed by atoms with Crippen LogP contribution in [0, 0.1) is 0 Å².